The molecule has 0 aromatic heterocycles. The number of halogens is 3. The SMILES string of the molecule is CO[C@](C)(CNC(=O)c1ccc(F)c(F)c1)c1cccc(Cl)c1. The number of rotatable bonds is 5. The van der Waals surface area contributed by atoms with Crippen LogP contribution in [0.1, 0.15) is 22.8 Å². The molecule has 0 saturated carbocycles. The van der Waals surface area contributed by atoms with E-state index in [9.17, 15) is 13.6 Å². The van der Waals surface area contributed by atoms with E-state index in [-0.39, 0.29) is 12.1 Å². The molecule has 1 atom stereocenters. The summed E-state index contributed by atoms with van der Waals surface area (Å²) in [6, 6.07) is 10.1. The van der Waals surface area contributed by atoms with Gasteiger partial charge in [0.05, 0.1) is 6.54 Å². The van der Waals surface area contributed by atoms with Crippen molar-refractivity contribution in [2.75, 3.05) is 13.7 Å². The smallest absolute Gasteiger partial charge is 0.251 e. The van der Waals surface area contributed by atoms with Crippen molar-refractivity contribution in [1.29, 1.82) is 0 Å². The minimum atomic E-state index is -1.07. The van der Waals surface area contributed by atoms with Crippen LogP contribution in [0.4, 0.5) is 8.78 Å². The first-order valence-electron chi connectivity index (χ1n) is 6.90. The van der Waals surface area contributed by atoms with E-state index in [0.717, 1.165) is 17.7 Å². The Balaban J connectivity index is 2.13. The number of ether oxygens (including phenoxy) is 1. The highest BCUT2D eigenvalue weighted by atomic mass is 35.5. The Hall–Kier alpha value is -1.98. The van der Waals surface area contributed by atoms with E-state index >= 15 is 0 Å². The Morgan fingerprint density at radius 3 is 2.57 bits per heavy atom. The van der Waals surface area contributed by atoms with E-state index in [1.807, 2.05) is 6.07 Å². The van der Waals surface area contributed by atoms with Crippen LogP contribution >= 0.6 is 11.6 Å². The van der Waals surface area contributed by atoms with E-state index in [4.69, 9.17) is 16.3 Å². The Kier molecular flexibility index (Phi) is 5.34. The number of benzene rings is 2. The lowest BCUT2D eigenvalue weighted by atomic mass is 9.95. The van der Waals surface area contributed by atoms with Gasteiger partial charge in [0.25, 0.3) is 5.91 Å². The Bertz CT molecular complexity index is 723. The van der Waals surface area contributed by atoms with Crippen molar-refractivity contribution < 1.29 is 18.3 Å². The fourth-order valence-electron chi connectivity index (χ4n) is 2.10. The highest BCUT2D eigenvalue weighted by molar-refractivity contribution is 6.30. The second kappa shape index (κ2) is 7.06. The van der Waals surface area contributed by atoms with E-state index in [1.54, 1.807) is 25.1 Å². The van der Waals surface area contributed by atoms with Gasteiger partial charge < -0.3 is 10.1 Å². The van der Waals surface area contributed by atoms with Crippen LogP contribution in [0.2, 0.25) is 5.02 Å². The summed E-state index contributed by atoms with van der Waals surface area (Å²) in [5.74, 6) is -2.58. The number of carbonyl (C=O) groups excluding carboxylic acids is 1. The van der Waals surface area contributed by atoms with Crippen molar-refractivity contribution in [2.45, 2.75) is 12.5 Å². The van der Waals surface area contributed by atoms with Gasteiger partial charge in [-0.25, -0.2) is 8.78 Å². The largest absolute Gasteiger partial charge is 0.372 e. The number of hydrogen-bond donors (Lipinski definition) is 1. The molecule has 0 aliphatic heterocycles. The molecule has 23 heavy (non-hydrogen) atoms. The predicted molar refractivity (Wildman–Crippen MR) is 84.5 cm³/mol. The maximum Gasteiger partial charge on any atom is 0.251 e. The van der Waals surface area contributed by atoms with E-state index in [2.05, 4.69) is 5.32 Å². The standard InChI is InChI=1S/C17H16ClF2NO2/c1-17(23-2,12-4-3-5-13(18)9-12)10-21-16(22)11-6-7-14(19)15(20)8-11/h3-9H,10H2,1-2H3,(H,21,22)/t17-/m1/s1. The first-order chi connectivity index (χ1) is 10.9. The van der Waals surface area contributed by atoms with Crippen LogP contribution < -0.4 is 5.32 Å². The molecule has 1 N–H and O–H groups in total. The third-order valence-electron chi connectivity index (χ3n) is 3.65. The van der Waals surface area contributed by atoms with Gasteiger partial charge in [-0.15, -0.1) is 0 Å². The highest BCUT2D eigenvalue weighted by Crippen LogP contribution is 2.26. The second-order valence-electron chi connectivity index (χ2n) is 5.26. The number of carbonyl (C=O) groups is 1. The van der Waals surface area contributed by atoms with Gasteiger partial charge in [-0.2, -0.15) is 0 Å². The molecule has 6 heteroatoms. The van der Waals surface area contributed by atoms with Gasteiger partial charge >= 0.3 is 0 Å². The topological polar surface area (TPSA) is 38.3 Å². The van der Waals surface area contributed by atoms with Crippen LogP contribution in [0.15, 0.2) is 42.5 Å². The molecule has 2 aromatic rings. The summed E-state index contributed by atoms with van der Waals surface area (Å²) in [4.78, 5) is 12.1. The third-order valence-corrected chi connectivity index (χ3v) is 3.89. The summed E-state index contributed by atoms with van der Waals surface area (Å²) in [7, 11) is 1.52. The summed E-state index contributed by atoms with van der Waals surface area (Å²) in [5.41, 5.74) is 0.0191. The molecule has 2 aromatic carbocycles. The van der Waals surface area contributed by atoms with Gasteiger partial charge in [-0.05, 0) is 42.8 Å². The summed E-state index contributed by atoms with van der Waals surface area (Å²) < 4.78 is 31.6. The van der Waals surface area contributed by atoms with Gasteiger partial charge in [0.1, 0.15) is 5.60 Å². The quantitative estimate of drug-likeness (QED) is 0.897. The highest BCUT2D eigenvalue weighted by Gasteiger charge is 2.27. The van der Waals surface area contributed by atoms with Crippen molar-refractivity contribution in [3.63, 3.8) is 0 Å². The van der Waals surface area contributed by atoms with Crippen LogP contribution in [0.3, 0.4) is 0 Å². The Morgan fingerprint density at radius 1 is 1.22 bits per heavy atom. The zero-order valence-electron chi connectivity index (χ0n) is 12.7. The van der Waals surface area contributed by atoms with E-state index < -0.39 is 23.1 Å². The number of amides is 1. The lowest BCUT2D eigenvalue weighted by Gasteiger charge is -2.29. The molecule has 122 valence electrons. The molecule has 0 fully saturated rings. The van der Waals surface area contributed by atoms with Crippen LogP contribution in [0.25, 0.3) is 0 Å². The maximum atomic E-state index is 13.2. The first-order valence-corrected chi connectivity index (χ1v) is 7.28. The molecular weight excluding hydrogens is 324 g/mol. The molecule has 3 nitrogen and oxygen atoms in total. The van der Waals surface area contributed by atoms with Gasteiger partial charge in [0, 0.05) is 17.7 Å². The first kappa shape index (κ1) is 17.4. The number of nitrogens with one attached hydrogen (secondary N) is 1. The van der Waals surface area contributed by atoms with Crippen LogP contribution in [0, 0.1) is 11.6 Å². The maximum absolute atomic E-state index is 13.2. The predicted octanol–water partition coefficient (Wildman–Crippen LogP) is 3.91. The molecule has 1 amide bonds. The molecule has 0 saturated heterocycles. The normalized spacial score (nSPS) is 13.4. The zero-order valence-corrected chi connectivity index (χ0v) is 13.5. The van der Waals surface area contributed by atoms with E-state index in [0.29, 0.717) is 5.02 Å². The zero-order chi connectivity index (χ0) is 17.0. The molecule has 0 unspecified atom stereocenters. The molecule has 0 spiro atoms. The fourth-order valence-corrected chi connectivity index (χ4v) is 2.29. The molecule has 0 bridgehead atoms. The van der Waals surface area contributed by atoms with E-state index in [1.165, 1.54) is 13.2 Å². The van der Waals surface area contributed by atoms with Crippen LogP contribution in [-0.4, -0.2) is 19.6 Å². The lowest BCUT2D eigenvalue weighted by molar-refractivity contribution is 0.00315. The minimum Gasteiger partial charge on any atom is -0.372 e. The van der Waals surface area contributed by atoms with Crippen molar-refractivity contribution in [3.05, 3.63) is 70.2 Å². The van der Waals surface area contributed by atoms with Crippen molar-refractivity contribution in [2.24, 2.45) is 0 Å². The van der Waals surface area contributed by atoms with Crippen molar-refractivity contribution in [1.82, 2.24) is 5.32 Å². The molecular formula is C17H16ClF2NO2. The summed E-state index contributed by atoms with van der Waals surface area (Å²) in [5, 5.41) is 3.21. The summed E-state index contributed by atoms with van der Waals surface area (Å²) in [6.07, 6.45) is 0. The third kappa shape index (κ3) is 4.06. The average molecular weight is 340 g/mol. The van der Waals surface area contributed by atoms with Gasteiger partial charge in [-0.3, -0.25) is 4.79 Å². The Labute approximate surface area is 138 Å². The van der Waals surface area contributed by atoms with Crippen LogP contribution in [0.5, 0.6) is 0 Å². The molecule has 0 heterocycles. The Morgan fingerprint density at radius 2 is 1.96 bits per heavy atom. The molecule has 2 rings (SSSR count). The molecule has 0 radical (unpaired) electrons. The van der Waals surface area contributed by atoms with Crippen LogP contribution in [-0.2, 0) is 10.3 Å². The molecule has 0 aliphatic carbocycles. The number of methoxy groups -OCH3 is 1. The second-order valence-corrected chi connectivity index (χ2v) is 5.69. The monoisotopic (exact) mass is 339 g/mol. The molecule has 0 aliphatic rings. The van der Waals surface area contributed by atoms with Crippen molar-refractivity contribution in [3.8, 4) is 0 Å². The van der Waals surface area contributed by atoms with Gasteiger partial charge in [0.2, 0.25) is 0 Å². The average Bonchev–Trinajstić information content (AvgIpc) is 2.54. The summed E-state index contributed by atoms with van der Waals surface area (Å²) in [6.45, 7) is 1.94. The van der Waals surface area contributed by atoms with Crippen molar-refractivity contribution >= 4 is 17.5 Å². The summed E-state index contributed by atoms with van der Waals surface area (Å²) >= 11 is 5.98. The number of hydrogen-bond acceptors (Lipinski definition) is 2. The van der Waals surface area contributed by atoms with Gasteiger partial charge in [-0.1, -0.05) is 23.7 Å². The van der Waals surface area contributed by atoms with Gasteiger partial charge in [0.15, 0.2) is 11.6 Å². The fraction of sp³-hybridized carbons (Fsp3) is 0.235. The lowest BCUT2D eigenvalue weighted by Crippen LogP contribution is -2.40. The minimum absolute atomic E-state index is 0.0356.